The van der Waals surface area contributed by atoms with Crippen LogP contribution in [-0.2, 0) is 6.54 Å². The van der Waals surface area contributed by atoms with Gasteiger partial charge in [-0.2, -0.15) is 0 Å². The zero-order valence-electron chi connectivity index (χ0n) is 10.7. The Balaban J connectivity index is 2.45. The van der Waals surface area contributed by atoms with Gasteiger partial charge < -0.3 is 16.4 Å². The lowest BCUT2D eigenvalue weighted by Gasteiger charge is -2.18. The van der Waals surface area contributed by atoms with Gasteiger partial charge in [-0.1, -0.05) is 32.9 Å². The first-order valence-corrected chi connectivity index (χ1v) is 5.74. The van der Waals surface area contributed by atoms with Crippen molar-refractivity contribution in [2.75, 3.05) is 11.9 Å². The Morgan fingerprint density at radius 1 is 1.24 bits per heavy atom. The third-order valence-electron chi connectivity index (χ3n) is 2.23. The Kier molecular flexibility index (Phi) is 4.52. The molecule has 2 amide bonds. The van der Waals surface area contributed by atoms with Gasteiger partial charge in [-0.3, -0.25) is 0 Å². The average molecular weight is 235 g/mol. The van der Waals surface area contributed by atoms with Crippen LogP contribution >= 0.6 is 0 Å². The molecule has 4 nitrogen and oxygen atoms in total. The first-order valence-electron chi connectivity index (χ1n) is 5.74. The molecule has 0 aromatic heterocycles. The van der Waals surface area contributed by atoms with Crippen molar-refractivity contribution in [1.29, 1.82) is 0 Å². The summed E-state index contributed by atoms with van der Waals surface area (Å²) in [7, 11) is 0. The van der Waals surface area contributed by atoms with Crippen LogP contribution in [0.5, 0.6) is 0 Å². The van der Waals surface area contributed by atoms with Crippen molar-refractivity contribution in [2.24, 2.45) is 11.1 Å². The highest BCUT2D eigenvalue weighted by Gasteiger charge is 2.11. The van der Waals surface area contributed by atoms with Gasteiger partial charge >= 0.3 is 6.03 Å². The minimum absolute atomic E-state index is 0.0841. The second kappa shape index (κ2) is 5.68. The van der Waals surface area contributed by atoms with E-state index in [9.17, 15) is 4.79 Å². The van der Waals surface area contributed by atoms with E-state index in [1.165, 1.54) is 0 Å². The van der Waals surface area contributed by atoms with Crippen molar-refractivity contribution in [3.63, 3.8) is 0 Å². The maximum absolute atomic E-state index is 11.6. The number of benzene rings is 1. The van der Waals surface area contributed by atoms with Crippen molar-refractivity contribution in [1.82, 2.24) is 5.32 Å². The zero-order valence-corrected chi connectivity index (χ0v) is 10.7. The Morgan fingerprint density at radius 3 is 2.29 bits per heavy atom. The number of carbonyl (C=O) groups excluding carboxylic acids is 1. The molecule has 0 bridgehead atoms. The summed E-state index contributed by atoms with van der Waals surface area (Å²) in [6.45, 7) is 7.37. The summed E-state index contributed by atoms with van der Waals surface area (Å²) >= 11 is 0. The van der Waals surface area contributed by atoms with E-state index in [0.717, 1.165) is 11.3 Å². The molecule has 1 aromatic rings. The summed E-state index contributed by atoms with van der Waals surface area (Å²) in [5.74, 6) is 0. The minimum atomic E-state index is -0.180. The van der Waals surface area contributed by atoms with Gasteiger partial charge in [0.1, 0.15) is 0 Å². The SMILES string of the molecule is CC(C)(C)CNC(=O)Nc1ccc(CN)cc1. The topological polar surface area (TPSA) is 67.2 Å². The smallest absolute Gasteiger partial charge is 0.319 e. The lowest BCUT2D eigenvalue weighted by molar-refractivity contribution is 0.247. The van der Waals surface area contributed by atoms with E-state index < -0.39 is 0 Å². The van der Waals surface area contributed by atoms with Gasteiger partial charge in [-0.05, 0) is 23.1 Å². The predicted molar refractivity (Wildman–Crippen MR) is 70.8 cm³/mol. The summed E-state index contributed by atoms with van der Waals surface area (Å²) in [6, 6.07) is 7.32. The maximum atomic E-state index is 11.6. The molecule has 94 valence electrons. The number of carbonyl (C=O) groups is 1. The van der Waals surface area contributed by atoms with Crippen LogP contribution in [0.1, 0.15) is 26.3 Å². The van der Waals surface area contributed by atoms with Crippen molar-refractivity contribution in [3.05, 3.63) is 29.8 Å². The summed E-state index contributed by atoms with van der Waals surface area (Å²) in [5.41, 5.74) is 7.40. The van der Waals surface area contributed by atoms with Crippen LogP contribution in [0.2, 0.25) is 0 Å². The van der Waals surface area contributed by atoms with Gasteiger partial charge in [0, 0.05) is 18.8 Å². The van der Waals surface area contributed by atoms with Crippen LogP contribution in [0.4, 0.5) is 10.5 Å². The fraction of sp³-hybridized carbons (Fsp3) is 0.462. The van der Waals surface area contributed by atoms with E-state index in [1.54, 1.807) is 0 Å². The molecule has 4 heteroatoms. The van der Waals surface area contributed by atoms with E-state index in [2.05, 4.69) is 31.4 Å². The normalized spacial score (nSPS) is 11.1. The third kappa shape index (κ3) is 5.36. The molecular formula is C13H21N3O. The fourth-order valence-corrected chi connectivity index (χ4v) is 1.24. The zero-order chi connectivity index (χ0) is 12.9. The molecule has 0 spiro atoms. The molecule has 1 aromatic carbocycles. The van der Waals surface area contributed by atoms with Gasteiger partial charge in [0.25, 0.3) is 0 Å². The monoisotopic (exact) mass is 235 g/mol. The van der Waals surface area contributed by atoms with Crippen molar-refractivity contribution >= 4 is 11.7 Å². The van der Waals surface area contributed by atoms with Gasteiger partial charge in [-0.15, -0.1) is 0 Å². The van der Waals surface area contributed by atoms with Crippen molar-refractivity contribution in [2.45, 2.75) is 27.3 Å². The Morgan fingerprint density at radius 2 is 1.82 bits per heavy atom. The Labute approximate surface area is 103 Å². The van der Waals surface area contributed by atoms with E-state index in [4.69, 9.17) is 5.73 Å². The van der Waals surface area contributed by atoms with Gasteiger partial charge in [-0.25, -0.2) is 4.79 Å². The van der Waals surface area contributed by atoms with Crippen LogP contribution in [0.3, 0.4) is 0 Å². The summed E-state index contributed by atoms with van der Waals surface area (Å²) in [4.78, 5) is 11.6. The summed E-state index contributed by atoms with van der Waals surface area (Å²) in [6.07, 6.45) is 0. The molecule has 0 radical (unpaired) electrons. The average Bonchev–Trinajstić information content (AvgIpc) is 2.27. The molecule has 0 saturated carbocycles. The van der Waals surface area contributed by atoms with Gasteiger partial charge in [0.15, 0.2) is 0 Å². The van der Waals surface area contributed by atoms with Crippen molar-refractivity contribution < 1.29 is 4.79 Å². The first kappa shape index (κ1) is 13.5. The van der Waals surface area contributed by atoms with Crippen LogP contribution in [-0.4, -0.2) is 12.6 Å². The highest BCUT2D eigenvalue weighted by atomic mass is 16.2. The molecule has 0 aliphatic rings. The number of nitrogens with two attached hydrogens (primary N) is 1. The van der Waals surface area contributed by atoms with Crippen LogP contribution < -0.4 is 16.4 Å². The standard InChI is InChI=1S/C13H21N3O/c1-13(2,3)9-15-12(17)16-11-6-4-10(8-14)5-7-11/h4-7H,8-9,14H2,1-3H3,(H2,15,16,17). The largest absolute Gasteiger partial charge is 0.337 e. The minimum Gasteiger partial charge on any atom is -0.337 e. The van der Waals surface area contributed by atoms with E-state index >= 15 is 0 Å². The fourth-order valence-electron chi connectivity index (χ4n) is 1.24. The number of nitrogens with one attached hydrogen (secondary N) is 2. The molecule has 0 aliphatic carbocycles. The molecule has 0 fully saturated rings. The summed E-state index contributed by atoms with van der Waals surface area (Å²) in [5, 5.41) is 5.60. The van der Waals surface area contributed by atoms with E-state index in [-0.39, 0.29) is 11.4 Å². The van der Waals surface area contributed by atoms with Crippen LogP contribution in [0, 0.1) is 5.41 Å². The number of hydrogen-bond acceptors (Lipinski definition) is 2. The van der Waals surface area contributed by atoms with Crippen LogP contribution in [0.25, 0.3) is 0 Å². The molecule has 0 aliphatic heterocycles. The van der Waals surface area contributed by atoms with Crippen molar-refractivity contribution in [3.8, 4) is 0 Å². The lowest BCUT2D eigenvalue weighted by atomic mass is 9.97. The number of urea groups is 1. The molecular weight excluding hydrogens is 214 g/mol. The Hall–Kier alpha value is -1.55. The quantitative estimate of drug-likeness (QED) is 0.752. The number of rotatable bonds is 3. The number of anilines is 1. The number of amides is 2. The lowest BCUT2D eigenvalue weighted by Crippen LogP contribution is -2.35. The van der Waals surface area contributed by atoms with E-state index in [1.807, 2.05) is 24.3 Å². The number of hydrogen-bond donors (Lipinski definition) is 3. The molecule has 1 rings (SSSR count). The molecule has 0 heterocycles. The molecule has 0 atom stereocenters. The molecule has 0 unspecified atom stereocenters. The first-order chi connectivity index (χ1) is 7.90. The molecule has 0 saturated heterocycles. The molecule has 17 heavy (non-hydrogen) atoms. The second-order valence-corrected chi connectivity index (χ2v) is 5.27. The van der Waals surface area contributed by atoms with Gasteiger partial charge in [0.05, 0.1) is 0 Å². The second-order valence-electron chi connectivity index (χ2n) is 5.27. The predicted octanol–water partition coefficient (Wildman–Crippen LogP) is 2.31. The summed E-state index contributed by atoms with van der Waals surface area (Å²) < 4.78 is 0. The highest BCUT2D eigenvalue weighted by molar-refractivity contribution is 5.89. The van der Waals surface area contributed by atoms with Crippen LogP contribution in [0.15, 0.2) is 24.3 Å². The molecule has 4 N–H and O–H groups in total. The van der Waals surface area contributed by atoms with E-state index in [0.29, 0.717) is 13.1 Å². The maximum Gasteiger partial charge on any atom is 0.319 e. The van der Waals surface area contributed by atoms with Gasteiger partial charge in [0.2, 0.25) is 0 Å². The third-order valence-corrected chi connectivity index (χ3v) is 2.23. The Bertz CT molecular complexity index is 365. The highest BCUT2D eigenvalue weighted by Crippen LogP contribution is 2.11.